The molecule has 0 radical (unpaired) electrons. The Hall–Kier alpha value is -4.39. The number of alkyl halides is 3. The standard InChI is InChI=1S/C26H20F3N5O2/c1-32-15-20(14-31-32)34-24(17-10-8-16(13-30)9-11-17)23-21(6-3-7-22(23)35)33(25(34)36)19-5-2-4-18(12-19)26(27,28)29/h2,4-5,8-12,14-15,24H,3,6-7H2,1H3. The number of nitrogens with zero attached hydrogens (tertiary/aromatic N) is 5. The van der Waals surface area contributed by atoms with Gasteiger partial charge in [0.15, 0.2) is 5.78 Å². The summed E-state index contributed by atoms with van der Waals surface area (Å²) in [4.78, 5) is 30.1. The van der Waals surface area contributed by atoms with Gasteiger partial charge in [0.05, 0.1) is 40.8 Å². The summed E-state index contributed by atoms with van der Waals surface area (Å²) >= 11 is 0. The van der Waals surface area contributed by atoms with Crippen LogP contribution >= 0.6 is 0 Å². The fourth-order valence-electron chi connectivity index (χ4n) is 4.79. The Morgan fingerprint density at radius 1 is 1.06 bits per heavy atom. The Morgan fingerprint density at radius 3 is 2.44 bits per heavy atom. The first-order chi connectivity index (χ1) is 17.2. The number of aromatic nitrogens is 2. The van der Waals surface area contributed by atoms with Crippen LogP contribution in [0.1, 0.15) is 42.0 Å². The summed E-state index contributed by atoms with van der Waals surface area (Å²) in [5, 5.41) is 13.4. The van der Waals surface area contributed by atoms with Crippen molar-refractivity contribution >= 4 is 23.2 Å². The molecular weight excluding hydrogens is 471 g/mol. The fraction of sp³-hybridized carbons (Fsp3) is 0.231. The molecular formula is C26H20F3N5O2. The second-order valence-corrected chi connectivity index (χ2v) is 8.68. The van der Waals surface area contributed by atoms with Crippen LogP contribution in [0, 0.1) is 11.3 Å². The molecule has 7 nitrogen and oxygen atoms in total. The summed E-state index contributed by atoms with van der Waals surface area (Å²) in [5.41, 5.74) is 1.31. The van der Waals surface area contributed by atoms with Crippen LogP contribution < -0.4 is 9.80 Å². The third-order valence-electron chi connectivity index (χ3n) is 6.38. The number of carbonyl (C=O) groups is 2. The highest BCUT2D eigenvalue weighted by Crippen LogP contribution is 2.46. The van der Waals surface area contributed by atoms with Crippen LogP contribution in [-0.2, 0) is 18.0 Å². The molecule has 2 aliphatic rings. The lowest BCUT2D eigenvalue weighted by molar-refractivity contribution is -0.137. The monoisotopic (exact) mass is 491 g/mol. The molecule has 1 aromatic heterocycles. The number of carbonyl (C=O) groups excluding carboxylic acids is 2. The van der Waals surface area contributed by atoms with Crippen molar-refractivity contribution in [1.82, 2.24) is 9.78 Å². The number of aryl methyl sites for hydroxylation is 1. The van der Waals surface area contributed by atoms with E-state index >= 15 is 0 Å². The predicted molar refractivity (Wildman–Crippen MR) is 125 cm³/mol. The molecule has 0 fully saturated rings. The number of benzene rings is 2. The summed E-state index contributed by atoms with van der Waals surface area (Å²) in [5.74, 6) is -0.177. The van der Waals surface area contributed by atoms with E-state index in [-0.39, 0.29) is 17.9 Å². The van der Waals surface area contributed by atoms with Crippen molar-refractivity contribution in [3.8, 4) is 6.07 Å². The van der Waals surface area contributed by atoms with Crippen LogP contribution in [0.3, 0.4) is 0 Å². The summed E-state index contributed by atoms with van der Waals surface area (Å²) in [6.07, 6.45) is -0.417. The van der Waals surface area contributed by atoms with Crippen LogP contribution in [0.25, 0.3) is 0 Å². The molecule has 3 aromatic rings. The van der Waals surface area contributed by atoms with Crippen LogP contribution in [-0.4, -0.2) is 21.6 Å². The Labute approximate surface area is 204 Å². The molecule has 1 unspecified atom stereocenters. The molecule has 1 aliphatic heterocycles. The maximum Gasteiger partial charge on any atom is 0.416 e. The van der Waals surface area contributed by atoms with Crippen molar-refractivity contribution in [2.75, 3.05) is 9.80 Å². The summed E-state index contributed by atoms with van der Waals surface area (Å²) in [7, 11) is 1.68. The first kappa shape index (κ1) is 23.4. The van der Waals surface area contributed by atoms with Gasteiger partial charge in [-0.05, 0) is 48.7 Å². The Morgan fingerprint density at radius 2 is 1.81 bits per heavy atom. The number of amides is 2. The highest BCUT2D eigenvalue weighted by molar-refractivity contribution is 6.13. The van der Waals surface area contributed by atoms with E-state index < -0.39 is 23.8 Å². The molecule has 0 bridgehead atoms. The van der Waals surface area contributed by atoms with E-state index in [1.165, 1.54) is 32.8 Å². The number of allylic oxidation sites excluding steroid dienone is 1. The third-order valence-corrected chi connectivity index (χ3v) is 6.38. The summed E-state index contributed by atoms with van der Waals surface area (Å²) in [6.45, 7) is 0. The largest absolute Gasteiger partial charge is 0.416 e. The maximum atomic E-state index is 14.1. The lowest BCUT2D eigenvalue weighted by Crippen LogP contribution is -2.52. The van der Waals surface area contributed by atoms with Crippen molar-refractivity contribution in [2.45, 2.75) is 31.5 Å². The van der Waals surface area contributed by atoms with Gasteiger partial charge in [-0.15, -0.1) is 0 Å². The minimum absolute atomic E-state index is 0.0317. The SMILES string of the molecule is Cn1cc(N2C(=O)N(c3cccc(C(F)(F)F)c3)C3=C(C(=O)CCC3)C2c2ccc(C#N)cc2)cn1. The molecule has 182 valence electrons. The first-order valence-corrected chi connectivity index (χ1v) is 11.2. The van der Waals surface area contributed by atoms with Gasteiger partial charge in [0.2, 0.25) is 0 Å². The van der Waals surface area contributed by atoms with E-state index in [1.807, 2.05) is 0 Å². The van der Waals surface area contributed by atoms with Crippen LogP contribution in [0.2, 0.25) is 0 Å². The summed E-state index contributed by atoms with van der Waals surface area (Å²) < 4.78 is 42.0. The average molecular weight is 491 g/mol. The quantitative estimate of drug-likeness (QED) is 0.484. The molecule has 2 aromatic carbocycles. The third kappa shape index (κ3) is 3.92. The molecule has 1 atom stereocenters. The molecule has 5 rings (SSSR count). The highest BCUT2D eigenvalue weighted by Gasteiger charge is 2.46. The van der Waals surface area contributed by atoms with Crippen molar-refractivity contribution in [3.05, 3.63) is 88.9 Å². The number of Topliss-reactive ketones (excluding diaryl/α,β-unsaturated/α-hetero) is 1. The van der Waals surface area contributed by atoms with Gasteiger partial charge in [0.1, 0.15) is 0 Å². The van der Waals surface area contributed by atoms with Crippen molar-refractivity contribution in [3.63, 3.8) is 0 Å². The molecule has 36 heavy (non-hydrogen) atoms. The average Bonchev–Trinajstić information content (AvgIpc) is 3.28. The minimum atomic E-state index is -4.59. The van der Waals surface area contributed by atoms with Gasteiger partial charge < -0.3 is 0 Å². The normalized spacial score (nSPS) is 18.4. The molecule has 2 amide bonds. The number of hydrogen-bond acceptors (Lipinski definition) is 4. The molecule has 2 heterocycles. The number of nitriles is 1. The zero-order chi connectivity index (χ0) is 25.6. The molecule has 0 saturated carbocycles. The van der Waals surface area contributed by atoms with Crippen molar-refractivity contribution in [1.29, 1.82) is 5.26 Å². The van der Waals surface area contributed by atoms with E-state index in [1.54, 1.807) is 37.5 Å². The molecule has 0 saturated heterocycles. The van der Waals surface area contributed by atoms with Crippen LogP contribution in [0.15, 0.2) is 72.2 Å². The van der Waals surface area contributed by atoms with Gasteiger partial charge in [-0.2, -0.15) is 23.5 Å². The topological polar surface area (TPSA) is 82.2 Å². The Kier molecular flexibility index (Phi) is 5.63. The zero-order valence-corrected chi connectivity index (χ0v) is 19.2. The number of ketones is 1. The van der Waals surface area contributed by atoms with Gasteiger partial charge in [0.25, 0.3) is 0 Å². The maximum absolute atomic E-state index is 14.1. The first-order valence-electron chi connectivity index (χ1n) is 11.2. The van der Waals surface area contributed by atoms with Gasteiger partial charge in [-0.3, -0.25) is 19.3 Å². The molecule has 10 heteroatoms. The second kappa shape index (κ2) is 8.68. The number of halogens is 3. The highest BCUT2D eigenvalue weighted by atomic mass is 19.4. The van der Waals surface area contributed by atoms with E-state index in [0.29, 0.717) is 40.9 Å². The second-order valence-electron chi connectivity index (χ2n) is 8.68. The molecule has 0 spiro atoms. The minimum Gasteiger partial charge on any atom is -0.294 e. The van der Waals surface area contributed by atoms with Gasteiger partial charge in [0, 0.05) is 30.9 Å². The van der Waals surface area contributed by atoms with Crippen LogP contribution in [0.5, 0.6) is 0 Å². The number of hydrogen-bond donors (Lipinski definition) is 0. The Balaban J connectivity index is 1.76. The van der Waals surface area contributed by atoms with E-state index in [0.717, 1.165) is 12.1 Å². The van der Waals surface area contributed by atoms with Crippen LogP contribution in [0.4, 0.5) is 29.3 Å². The zero-order valence-electron chi connectivity index (χ0n) is 19.2. The lowest BCUT2D eigenvalue weighted by Gasteiger charge is -2.44. The number of rotatable bonds is 3. The molecule has 0 N–H and O–H groups in total. The van der Waals surface area contributed by atoms with Crippen molar-refractivity contribution in [2.24, 2.45) is 7.05 Å². The number of anilines is 2. The lowest BCUT2D eigenvalue weighted by atomic mass is 9.83. The summed E-state index contributed by atoms with van der Waals surface area (Å²) in [6, 6.07) is 11.8. The van der Waals surface area contributed by atoms with E-state index in [4.69, 9.17) is 0 Å². The van der Waals surface area contributed by atoms with E-state index in [9.17, 15) is 28.0 Å². The van der Waals surface area contributed by atoms with E-state index in [2.05, 4.69) is 11.2 Å². The smallest absolute Gasteiger partial charge is 0.294 e. The fourth-order valence-corrected chi connectivity index (χ4v) is 4.79. The van der Waals surface area contributed by atoms with Gasteiger partial charge >= 0.3 is 12.2 Å². The van der Waals surface area contributed by atoms with Gasteiger partial charge in [-0.25, -0.2) is 4.79 Å². The number of urea groups is 1. The molecule has 1 aliphatic carbocycles. The Bertz CT molecular complexity index is 1430. The predicted octanol–water partition coefficient (Wildman–Crippen LogP) is 5.51. The van der Waals surface area contributed by atoms with Crippen molar-refractivity contribution < 1.29 is 22.8 Å². The van der Waals surface area contributed by atoms with Gasteiger partial charge in [-0.1, -0.05) is 18.2 Å².